The normalized spacial score (nSPS) is 16.4. The van der Waals surface area contributed by atoms with Crippen LogP contribution in [0.25, 0.3) is 21.3 Å². The van der Waals surface area contributed by atoms with Crippen LogP contribution in [0.5, 0.6) is 0 Å². The van der Waals surface area contributed by atoms with Gasteiger partial charge in [-0.05, 0) is 48.4 Å². The van der Waals surface area contributed by atoms with Gasteiger partial charge >= 0.3 is 0 Å². The summed E-state index contributed by atoms with van der Waals surface area (Å²) in [5, 5.41) is 0.806. The van der Waals surface area contributed by atoms with E-state index in [1.54, 1.807) is 11.3 Å². The molecule has 4 aromatic rings. The van der Waals surface area contributed by atoms with Gasteiger partial charge in [0.25, 0.3) is 11.5 Å². The first-order chi connectivity index (χ1) is 17.2. The molecule has 0 radical (unpaired) electrons. The lowest BCUT2D eigenvalue weighted by atomic mass is 9.97. The van der Waals surface area contributed by atoms with Gasteiger partial charge in [0.15, 0.2) is 0 Å². The van der Waals surface area contributed by atoms with Gasteiger partial charge < -0.3 is 9.88 Å². The van der Waals surface area contributed by atoms with E-state index < -0.39 is 0 Å². The Balaban J connectivity index is 1.15. The largest absolute Gasteiger partial charge is 0.336 e. The molecule has 0 saturated carbocycles. The van der Waals surface area contributed by atoms with Gasteiger partial charge in [-0.25, -0.2) is 4.98 Å². The number of nitrogens with one attached hydrogen (secondary N) is 1. The predicted octanol–water partition coefficient (Wildman–Crippen LogP) is 4.49. The Bertz CT molecular complexity index is 1430. The van der Waals surface area contributed by atoms with Crippen LogP contribution in [-0.2, 0) is 19.4 Å². The van der Waals surface area contributed by atoms with Crippen LogP contribution in [0, 0.1) is 0 Å². The Morgan fingerprint density at radius 1 is 0.943 bits per heavy atom. The molecule has 35 heavy (non-hydrogen) atoms. The van der Waals surface area contributed by atoms with E-state index >= 15 is 0 Å². The summed E-state index contributed by atoms with van der Waals surface area (Å²) in [6.07, 6.45) is 4.40. The molecule has 6 rings (SSSR count). The highest BCUT2D eigenvalue weighted by molar-refractivity contribution is 7.18. The smallest absolute Gasteiger partial charge is 0.259 e. The number of carbonyl (C=O) groups is 1. The first-order valence-electron chi connectivity index (χ1n) is 12.4. The second kappa shape index (κ2) is 9.40. The fourth-order valence-corrected chi connectivity index (χ4v) is 6.59. The molecule has 178 valence electrons. The van der Waals surface area contributed by atoms with Crippen LogP contribution in [0.3, 0.4) is 0 Å². The van der Waals surface area contributed by atoms with Gasteiger partial charge in [-0.1, -0.05) is 48.5 Å². The average Bonchev–Trinajstić information content (AvgIpc) is 3.28. The molecule has 1 fully saturated rings. The first kappa shape index (κ1) is 22.2. The van der Waals surface area contributed by atoms with Gasteiger partial charge in [0.05, 0.1) is 11.9 Å². The molecule has 2 aliphatic rings. The number of rotatable bonds is 4. The van der Waals surface area contributed by atoms with Gasteiger partial charge in [-0.15, -0.1) is 11.3 Å². The zero-order valence-corrected chi connectivity index (χ0v) is 20.4. The number of aromatic amines is 1. The summed E-state index contributed by atoms with van der Waals surface area (Å²) in [7, 11) is 0. The molecule has 1 aliphatic carbocycles. The van der Waals surface area contributed by atoms with Gasteiger partial charge in [-0.3, -0.25) is 14.5 Å². The monoisotopic (exact) mass is 484 g/mol. The van der Waals surface area contributed by atoms with Crippen molar-refractivity contribution in [3.05, 3.63) is 86.8 Å². The van der Waals surface area contributed by atoms with Crippen molar-refractivity contribution in [1.82, 2.24) is 19.8 Å². The third-order valence-electron chi connectivity index (χ3n) is 7.15. The standard InChI is InChI=1S/C28H28N4O2S/c33-26-25-22-12-6-7-13-23(22)35-27(25)30-24(29-26)18-31-14-16-32(17-15-31)28(34)21-11-5-4-10-20(21)19-8-2-1-3-9-19/h1-5,8-11H,6-7,12-18H2,(H,29,30,33). The Morgan fingerprint density at radius 3 is 2.51 bits per heavy atom. The number of piperazine rings is 1. The van der Waals surface area contributed by atoms with Crippen LogP contribution in [0.2, 0.25) is 0 Å². The third-order valence-corrected chi connectivity index (χ3v) is 8.33. The van der Waals surface area contributed by atoms with Crippen molar-refractivity contribution in [2.45, 2.75) is 32.2 Å². The van der Waals surface area contributed by atoms with E-state index in [2.05, 4.69) is 9.88 Å². The summed E-state index contributed by atoms with van der Waals surface area (Å²) in [5.74, 6) is 0.788. The van der Waals surface area contributed by atoms with Gasteiger partial charge in [0.1, 0.15) is 10.7 Å². The second-order valence-electron chi connectivity index (χ2n) is 9.38. The Kier molecular flexibility index (Phi) is 5.96. The van der Waals surface area contributed by atoms with E-state index in [-0.39, 0.29) is 11.5 Å². The summed E-state index contributed by atoms with van der Waals surface area (Å²) in [6.45, 7) is 3.41. The van der Waals surface area contributed by atoms with E-state index in [0.717, 1.165) is 65.1 Å². The van der Waals surface area contributed by atoms with E-state index in [0.29, 0.717) is 19.6 Å². The van der Waals surface area contributed by atoms with E-state index in [1.165, 1.54) is 16.9 Å². The molecule has 1 saturated heterocycles. The lowest BCUT2D eigenvalue weighted by Gasteiger charge is -2.34. The minimum absolute atomic E-state index is 0.00395. The molecule has 6 nitrogen and oxygen atoms in total. The van der Waals surface area contributed by atoms with Crippen LogP contribution in [0.15, 0.2) is 59.4 Å². The highest BCUT2D eigenvalue weighted by Crippen LogP contribution is 2.33. The molecule has 1 amide bonds. The number of H-pyrrole nitrogens is 1. The van der Waals surface area contributed by atoms with Crippen molar-refractivity contribution in [3.8, 4) is 11.1 Å². The number of thiophene rings is 1. The minimum atomic E-state index is -0.00395. The molecule has 0 unspecified atom stereocenters. The highest BCUT2D eigenvalue weighted by Gasteiger charge is 2.25. The number of aromatic nitrogens is 2. The number of benzene rings is 2. The first-order valence-corrected chi connectivity index (χ1v) is 13.2. The van der Waals surface area contributed by atoms with Gasteiger partial charge in [0.2, 0.25) is 0 Å². The summed E-state index contributed by atoms with van der Waals surface area (Å²) in [4.78, 5) is 40.5. The molecular formula is C28H28N4O2S. The van der Waals surface area contributed by atoms with Crippen molar-refractivity contribution < 1.29 is 4.79 Å². The van der Waals surface area contributed by atoms with Crippen molar-refractivity contribution in [2.75, 3.05) is 26.2 Å². The van der Waals surface area contributed by atoms with Crippen molar-refractivity contribution in [2.24, 2.45) is 0 Å². The lowest BCUT2D eigenvalue weighted by molar-refractivity contribution is 0.0626. The Labute approximate surface area is 208 Å². The Morgan fingerprint density at radius 2 is 1.69 bits per heavy atom. The summed E-state index contributed by atoms with van der Waals surface area (Å²) < 4.78 is 0. The fraction of sp³-hybridized carbons (Fsp3) is 0.321. The number of hydrogen-bond acceptors (Lipinski definition) is 5. The molecule has 2 aromatic carbocycles. The number of amides is 1. The maximum atomic E-state index is 13.4. The Hall–Kier alpha value is -3.29. The molecule has 7 heteroatoms. The molecule has 2 aromatic heterocycles. The number of fused-ring (bicyclic) bond motifs is 3. The fourth-order valence-electron chi connectivity index (χ4n) is 5.31. The summed E-state index contributed by atoms with van der Waals surface area (Å²) >= 11 is 1.69. The molecule has 1 N–H and O–H groups in total. The van der Waals surface area contributed by atoms with Crippen LogP contribution in [0.4, 0.5) is 0 Å². The SMILES string of the molecule is O=C(c1ccccc1-c1ccccc1)N1CCN(Cc2nc3sc4c(c3c(=O)[nH]2)CCCC4)CC1. The predicted molar refractivity (Wildman–Crippen MR) is 140 cm³/mol. The third kappa shape index (κ3) is 4.30. The number of aryl methyl sites for hydroxylation is 2. The van der Waals surface area contributed by atoms with E-state index in [9.17, 15) is 9.59 Å². The molecule has 1 aliphatic heterocycles. The van der Waals surface area contributed by atoms with Crippen molar-refractivity contribution in [3.63, 3.8) is 0 Å². The summed E-state index contributed by atoms with van der Waals surface area (Å²) in [6, 6.07) is 17.9. The average molecular weight is 485 g/mol. The zero-order valence-electron chi connectivity index (χ0n) is 19.6. The quantitative estimate of drug-likeness (QED) is 0.464. The molecule has 0 spiro atoms. The minimum Gasteiger partial charge on any atom is -0.336 e. The lowest BCUT2D eigenvalue weighted by Crippen LogP contribution is -2.48. The van der Waals surface area contributed by atoms with Crippen LogP contribution >= 0.6 is 11.3 Å². The topological polar surface area (TPSA) is 69.3 Å². The van der Waals surface area contributed by atoms with Gasteiger partial charge in [0, 0.05) is 36.6 Å². The highest BCUT2D eigenvalue weighted by atomic mass is 32.1. The summed E-state index contributed by atoms with van der Waals surface area (Å²) in [5.41, 5.74) is 3.98. The second-order valence-corrected chi connectivity index (χ2v) is 10.5. The van der Waals surface area contributed by atoms with E-state index in [4.69, 9.17) is 4.98 Å². The number of carbonyl (C=O) groups excluding carboxylic acids is 1. The van der Waals surface area contributed by atoms with Gasteiger partial charge in [-0.2, -0.15) is 0 Å². The maximum absolute atomic E-state index is 13.4. The molecular weight excluding hydrogens is 456 g/mol. The number of hydrogen-bond donors (Lipinski definition) is 1. The maximum Gasteiger partial charge on any atom is 0.259 e. The van der Waals surface area contributed by atoms with Crippen LogP contribution < -0.4 is 5.56 Å². The number of nitrogens with zero attached hydrogens (tertiary/aromatic N) is 3. The van der Waals surface area contributed by atoms with E-state index in [1.807, 2.05) is 59.5 Å². The van der Waals surface area contributed by atoms with Crippen molar-refractivity contribution >= 4 is 27.5 Å². The molecule has 0 bridgehead atoms. The van der Waals surface area contributed by atoms with Crippen LogP contribution in [0.1, 0.15) is 39.5 Å². The van der Waals surface area contributed by atoms with Crippen LogP contribution in [-0.4, -0.2) is 51.9 Å². The zero-order chi connectivity index (χ0) is 23.8. The van der Waals surface area contributed by atoms with Crippen molar-refractivity contribution in [1.29, 1.82) is 0 Å². The molecule has 0 atom stereocenters. The molecule has 3 heterocycles.